The molecule has 6 heteroatoms. The van der Waals surface area contributed by atoms with Crippen molar-refractivity contribution in [2.24, 2.45) is 4.99 Å². The molecule has 6 nitrogen and oxygen atoms in total. The number of aromatic nitrogens is 3. The maximum atomic E-state index is 10.7. The molecule has 0 radical (unpaired) electrons. The van der Waals surface area contributed by atoms with Crippen LogP contribution in [-0.4, -0.2) is 25.4 Å². The molecule has 0 aliphatic rings. The smallest absolute Gasteiger partial charge is 0.199 e. The Balaban J connectivity index is 1.60. The third kappa shape index (κ3) is 3.79. The van der Waals surface area contributed by atoms with E-state index in [0.29, 0.717) is 17.0 Å². The van der Waals surface area contributed by atoms with Gasteiger partial charge in [-0.05, 0) is 35.9 Å². The Labute approximate surface area is 179 Å². The molecule has 152 valence electrons. The number of nitrogens with two attached hydrogens (primary N) is 1. The number of nitrogen functional groups attached to an aromatic ring is 1. The van der Waals surface area contributed by atoms with Crippen LogP contribution in [0.15, 0.2) is 96.5 Å². The van der Waals surface area contributed by atoms with Crippen LogP contribution >= 0.6 is 0 Å². The summed E-state index contributed by atoms with van der Waals surface area (Å²) in [6.45, 7) is 0.748. The van der Waals surface area contributed by atoms with Crippen LogP contribution in [0.25, 0.3) is 10.9 Å². The molecule has 0 spiro atoms. The Hall–Kier alpha value is -4.32. The first kappa shape index (κ1) is 18.7. The van der Waals surface area contributed by atoms with Crippen LogP contribution in [0.3, 0.4) is 0 Å². The van der Waals surface area contributed by atoms with Gasteiger partial charge in [0.05, 0.1) is 23.3 Å². The Morgan fingerprint density at radius 3 is 2.58 bits per heavy atom. The van der Waals surface area contributed by atoms with Gasteiger partial charge in [0.2, 0.25) is 0 Å². The molecule has 31 heavy (non-hydrogen) atoms. The van der Waals surface area contributed by atoms with E-state index in [9.17, 15) is 5.11 Å². The molecule has 2 aromatic heterocycles. The number of nitrogens with zero attached hydrogens (tertiary/aromatic N) is 3. The fourth-order valence-corrected chi connectivity index (χ4v) is 3.69. The molecule has 0 aliphatic heterocycles. The molecule has 0 saturated carbocycles. The number of rotatable bonds is 5. The summed E-state index contributed by atoms with van der Waals surface area (Å²) in [4.78, 5) is 12.0. The zero-order chi connectivity index (χ0) is 21.2. The third-order valence-electron chi connectivity index (χ3n) is 5.19. The van der Waals surface area contributed by atoms with Crippen molar-refractivity contribution in [3.8, 4) is 5.88 Å². The van der Waals surface area contributed by atoms with E-state index in [-0.39, 0.29) is 5.88 Å². The number of hydrogen-bond acceptors (Lipinski definition) is 4. The van der Waals surface area contributed by atoms with E-state index < -0.39 is 0 Å². The van der Waals surface area contributed by atoms with Crippen LogP contribution in [0.4, 0.5) is 11.4 Å². The maximum absolute atomic E-state index is 10.7. The molecule has 0 amide bonds. The van der Waals surface area contributed by atoms with Crippen molar-refractivity contribution in [2.45, 2.75) is 6.54 Å². The fraction of sp³-hybridized carbons (Fsp3) is 0.0400. The van der Waals surface area contributed by atoms with Crippen LogP contribution in [0.5, 0.6) is 5.88 Å². The summed E-state index contributed by atoms with van der Waals surface area (Å²) >= 11 is 0. The van der Waals surface area contributed by atoms with E-state index in [1.54, 1.807) is 18.6 Å². The predicted octanol–water partition coefficient (Wildman–Crippen LogP) is 4.87. The van der Waals surface area contributed by atoms with Crippen LogP contribution in [-0.2, 0) is 6.54 Å². The van der Waals surface area contributed by atoms with Crippen molar-refractivity contribution < 1.29 is 5.11 Å². The molecule has 0 atom stereocenters. The third-order valence-corrected chi connectivity index (χ3v) is 5.19. The zero-order valence-corrected chi connectivity index (χ0v) is 16.7. The van der Waals surface area contributed by atoms with Gasteiger partial charge in [-0.25, -0.2) is 9.98 Å². The summed E-state index contributed by atoms with van der Waals surface area (Å²) < 4.78 is 2.02. The standard InChI is InChI=1S/C25H21N5O/c26-19-8-11-22-21(14-19)23(25(31)29-22)24(18-4-2-1-3-5-18)28-20-9-6-17(7-10-20)15-30-13-12-27-16-30/h1-14,16,29,31H,15,26H2. The lowest BCUT2D eigenvalue weighted by molar-refractivity contribution is 0.457. The van der Waals surface area contributed by atoms with Crippen LogP contribution in [0.1, 0.15) is 16.7 Å². The Kier molecular flexibility index (Phi) is 4.72. The van der Waals surface area contributed by atoms with Gasteiger partial charge in [-0.3, -0.25) is 0 Å². The molecule has 5 aromatic rings. The van der Waals surface area contributed by atoms with Crippen molar-refractivity contribution in [1.29, 1.82) is 0 Å². The van der Waals surface area contributed by atoms with E-state index in [0.717, 1.165) is 34.3 Å². The lowest BCUT2D eigenvalue weighted by Gasteiger charge is -2.09. The average Bonchev–Trinajstić information content (AvgIpc) is 3.41. The largest absolute Gasteiger partial charge is 0.494 e. The monoisotopic (exact) mass is 407 g/mol. The lowest BCUT2D eigenvalue weighted by Crippen LogP contribution is -2.03. The summed E-state index contributed by atoms with van der Waals surface area (Å²) in [6.07, 6.45) is 5.50. The van der Waals surface area contributed by atoms with E-state index in [1.807, 2.05) is 65.4 Å². The quantitative estimate of drug-likeness (QED) is 0.287. The first-order valence-electron chi connectivity index (χ1n) is 9.97. The van der Waals surface area contributed by atoms with Crippen LogP contribution in [0, 0.1) is 0 Å². The first-order chi connectivity index (χ1) is 15.2. The molecule has 0 aliphatic carbocycles. The highest BCUT2D eigenvalue weighted by molar-refractivity contribution is 6.22. The topological polar surface area (TPSA) is 92.2 Å². The number of nitrogens with one attached hydrogen (secondary N) is 1. The van der Waals surface area contributed by atoms with E-state index >= 15 is 0 Å². The van der Waals surface area contributed by atoms with Crippen LogP contribution in [0.2, 0.25) is 0 Å². The van der Waals surface area contributed by atoms with Gasteiger partial charge in [-0.1, -0.05) is 42.5 Å². The number of H-pyrrole nitrogens is 1. The lowest BCUT2D eigenvalue weighted by atomic mass is 10.0. The summed E-state index contributed by atoms with van der Waals surface area (Å²) in [6, 6.07) is 23.4. The molecule has 3 aromatic carbocycles. The second kappa shape index (κ2) is 7.84. The normalized spacial score (nSPS) is 11.8. The summed E-state index contributed by atoms with van der Waals surface area (Å²) in [5.74, 6) is 0.0694. The molecule has 0 fully saturated rings. The number of imidazole rings is 1. The molecular formula is C25H21N5O. The molecular weight excluding hydrogens is 386 g/mol. The van der Waals surface area contributed by atoms with Gasteiger partial charge < -0.3 is 20.4 Å². The average molecular weight is 407 g/mol. The first-order valence-corrected chi connectivity index (χ1v) is 9.97. The number of aliphatic imine (C=N–C) groups is 1. The molecule has 5 rings (SSSR count). The summed E-state index contributed by atoms with van der Waals surface area (Å²) in [7, 11) is 0. The summed E-state index contributed by atoms with van der Waals surface area (Å²) in [5, 5.41) is 11.6. The fourth-order valence-electron chi connectivity index (χ4n) is 3.69. The number of anilines is 1. The number of aromatic amines is 1. The van der Waals surface area contributed by atoms with E-state index in [2.05, 4.69) is 22.1 Å². The molecule has 0 saturated heterocycles. The number of benzene rings is 3. The van der Waals surface area contributed by atoms with Gasteiger partial charge >= 0.3 is 0 Å². The van der Waals surface area contributed by atoms with Gasteiger partial charge in [-0.2, -0.15) is 0 Å². The van der Waals surface area contributed by atoms with Crippen molar-refractivity contribution in [2.75, 3.05) is 5.73 Å². The SMILES string of the molecule is Nc1ccc2[nH]c(O)c(C(=Nc3ccc(Cn4ccnc4)cc3)c3ccccc3)c2c1. The van der Waals surface area contributed by atoms with Gasteiger partial charge in [-0.15, -0.1) is 0 Å². The second-order valence-corrected chi connectivity index (χ2v) is 7.38. The molecule has 0 unspecified atom stereocenters. The molecule has 2 heterocycles. The molecule has 4 N–H and O–H groups in total. The highest BCUT2D eigenvalue weighted by atomic mass is 16.3. The predicted molar refractivity (Wildman–Crippen MR) is 124 cm³/mol. The minimum Gasteiger partial charge on any atom is -0.494 e. The Bertz CT molecular complexity index is 1350. The van der Waals surface area contributed by atoms with E-state index in [4.69, 9.17) is 10.7 Å². The zero-order valence-electron chi connectivity index (χ0n) is 16.7. The van der Waals surface area contributed by atoms with Crippen LogP contribution < -0.4 is 5.73 Å². The summed E-state index contributed by atoms with van der Waals surface area (Å²) in [5.41, 5.74) is 11.6. The minimum atomic E-state index is 0.0694. The highest BCUT2D eigenvalue weighted by Crippen LogP contribution is 2.32. The van der Waals surface area contributed by atoms with Crippen molar-refractivity contribution in [3.05, 3.63) is 108 Å². The number of aromatic hydroxyl groups is 1. The van der Waals surface area contributed by atoms with E-state index in [1.165, 1.54) is 0 Å². The number of hydrogen-bond donors (Lipinski definition) is 3. The Morgan fingerprint density at radius 2 is 1.84 bits per heavy atom. The van der Waals surface area contributed by atoms with Crippen molar-refractivity contribution in [3.63, 3.8) is 0 Å². The highest BCUT2D eigenvalue weighted by Gasteiger charge is 2.18. The number of fused-ring (bicyclic) bond motifs is 1. The van der Waals surface area contributed by atoms with Gasteiger partial charge in [0.25, 0.3) is 0 Å². The van der Waals surface area contributed by atoms with Crippen molar-refractivity contribution in [1.82, 2.24) is 14.5 Å². The van der Waals surface area contributed by atoms with Gasteiger partial charge in [0.1, 0.15) is 0 Å². The van der Waals surface area contributed by atoms with Gasteiger partial charge in [0, 0.05) is 41.1 Å². The Morgan fingerprint density at radius 1 is 1.03 bits per heavy atom. The van der Waals surface area contributed by atoms with Crippen molar-refractivity contribution >= 4 is 28.0 Å². The maximum Gasteiger partial charge on any atom is 0.199 e. The molecule has 0 bridgehead atoms. The minimum absolute atomic E-state index is 0.0694. The second-order valence-electron chi connectivity index (χ2n) is 7.38. The van der Waals surface area contributed by atoms with Gasteiger partial charge in [0.15, 0.2) is 5.88 Å².